The molecule has 2 aromatic carbocycles. The fourth-order valence-electron chi connectivity index (χ4n) is 3.84. The summed E-state index contributed by atoms with van der Waals surface area (Å²) in [5.41, 5.74) is 3.36. The Balaban J connectivity index is 1.53. The van der Waals surface area contributed by atoms with Gasteiger partial charge in [0.05, 0.1) is 7.11 Å². The molecule has 0 saturated carbocycles. The lowest BCUT2D eigenvalue weighted by atomic mass is 10.2. The topological polar surface area (TPSA) is 66.7 Å². The Bertz CT molecular complexity index is 1220. The van der Waals surface area contributed by atoms with Gasteiger partial charge in [0, 0.05) is 43.1 Å². The van der Waals surface area contributed by atoms with Gasteiger partial charge in [-0.25, -0.2) is 4.98 Å². The molecule has 0 atom stereocenters. The number of piperazine rings is 1. The van der Waals surface area contributed by atoms with Crippen molar-refractivity contribution >= 4 is 45.4 Å². The molecule has 2 aromatic heterocycles. The van der Waals surface area contributed by atoms with E-state index >= 15 is 0 Å². The standard InChI is InChI=1S/C23H24ClN5O2/c1-28-9-11-29(12-10-28)22-21-20(18-13-16(24)5-8-19(18)31-21)26-23(27-22)25-14-15-3-6-17(30-2)7-4-15/h3-8,13H,9-12,14H2,1-2H3,(H,25,26,27). The molecule has 0 radical (unpaired) electrons. The molecule has 5 rings (SSSR count). The van der Waals surface area contributed by atoms with Crippen molar-refractivity contribution < 1.29 is 9.15 Å². The molecule has 8 heteroatoms. The first-order valence-electron chi connectivity index (χ1n) is 10.3. The van der Waals surface area contributed by atoms with Gasteiger partial charge in [-0.2, -0.15) is 4.98 Å². The van der Waals surface area contributed by atoms with Gasteiger partial charge in [-0.1, -0.05) is 23.7 Å². The molecule has 1 saturated heterocycles. The molecule has 0 amide bonds. The Morgan fingerprint density at radius 3 is 2.58 bits per heavy atom. The van der Waals surface area contributed by atoms with E-state index in [0.717, 1.165) is 59.8 Å². The van der Waals surface area contributed by atoms with Gasteiger partial charge in [0.15, 0.2) is 11.4 Å². The third-order valence-corrected chi connectivity index (χ3v) is 5.90. The molecular weight excluding hydrogens is 414 g/mol. The minimum Gasteiger partial charge on any atom is -0.497 e. The van der Waals surface area contributed by atoms with E-state index in [2.05, 4.69) is 22.2 Å². The van der Waals surface area contributed by atoms with Crippen LogP contribution in [0.5, 0.6) is 5.75 Å². The third kappa shape index (κ3) is 3.98. The van der Waals surface area contributed by atoms with E-state index in [1.165, 1.54) is 0 Å². The van der Waals surface area contributed by atoms with Crippen molar-refractivity contribution in [2.24, 2.45) is 0 Å². The highest BCUT2D eigenvalue weighted by molar-refractivity contribution is 6.31. The average Bonchev–Trinajstić information content (AvgIpc) is 3.16. The van der Waals surface area contributed by atoms with Crippen molar-refractivity contribution in [2.75, 3.05) is 50.6 Å². The van der Waals surface area contributed by atoms with Crippen molar-refractivity contribution in [1.29, 1.82) is 0 Å². The Kier molecular flexibility index (Phi) is 5.29. The molecule has 7 nitrogen and oxygen atoms in total. The summed E-state index contributed by atoms with van der Waals surface area (Å²) in [5.74, 6) is 2.23. The Morgan fingerprint density at radius 1 is 1.06 bits per heavy atom. The minimum atomic E-state index is 0.569. The lowest BCUT2D eigenvalue weighted by molar-refractivity contribution is 0.312. The number of ether oxygens (including phenoxy) is 1. The zero-order chi connectivity index (χ0) is 21.4. The zero-order valence-corrected chi connectivity index (χ0v) is 18.3. The molecule has 4 aromatic rings. The summed E-state index contributed by atoms with van der Waals surface area (Å²) in [7, 11) is 3.80. The Labute approximate surface area is 185 Å². The Morgan fingerprint density at radius 2 is 1.84 bits per heavy atom. The van der Waals surface area contributed by atoms with Crippen LogP contribution in [-0.4, -0.2) is 55.2 Å². The molecule has 0 unspecified atom stereocenters. The molecule has 31 heavy (non-hydrogen) atoms. The van der Waals surface area contributed by atoms with Crippen LogP contribution >= 0.6 is 11.6 Å². The number of rotatable bonds is 5. The largest absolute Gasteiger partial charge is 0.497 e. The van der Waals surface area contributed by atoms with E-state index in [0.29, 0.717) is 23.1 Å². The van der Waals surface area contributed by atoms with E-state index in [-0.39, 0.29) is 0 Å². The predicted octanol–water partition coefficient (Wildman–Crippen LogP) is 4.40. The maximum absolute atomic E-state index is 6.26. The molecular formula is C23H24ClN5O2. The number of aromatic nitrogens is 2. The second-order valence-electron chi connectivity index (χ2n) is 7.78. The fraction of sp³-hybridized carbons (Fsp3) is 0.304. The number of furan rings is 1. The first kappa shape index (κ1) is 19.9. The lowest BCUT2D eigenvalue weighted by Crippen LogP contribution is -2.45. The van der Waals surface area contributed by atoms with Crippen molar-refractivity contribution in [3.8, 4) is 5.75 Å². The second-order valence-corrected chi connectivity index (χ2v) is 8.22. The molecule has 1 aliphatic rings. The van der Waals surface area contributed by atoms with Crippen LogP contribution in [0, 0.1) is 0 Å². The highest BCUT2D eigenvalue weighted by Crippen LogP contribution is 2.35. The summed E-state index contributed by atoms with van der Waals surface area (Å²) in [6, 6.07) is 13.6. The van der Waals surface area contributed by atoms with Crippen LogP contribution in [0.15, 0.2) is 46.9 Å². The normalized spacial score (nSPS) is 15.0. The van der Waals surface area contributed by atoms with Crippen LogP contribution in [0.3, 0.4) is 0 Å². The molecule has 0 spiro atoms. The first-order chi connectivity index (χ1) is 15.1. The van der Waals surface area contributed by atoms with Gasteiger partial charge in [-0.05, 0) is 42.9 Å². The van der Waals surface area contributed by atoms with E-state index in [1.54, 1.807) is 7.11 Å². The molecule has 1 aliphatic heterocycles. The molecule has 160 valence electrons. The highest BCUT2D eigenvalue weighted by Gasteiger charge is 2.23. The van der Waals surface area contributed by atoms with Gasteiger partial charge in [0.1, 0.15) is 16.8 Å². The number of benzene rings is 2. The van der Waals surface area contributed by atoms with E-state index in [9.17, 15) is 0 Å². The summed E-state index contributed by atoms with van der Waals surface area (Å²) in [4.78, 5) is 14.2. The maximum Gasteiger partial charge on any atom is 0.225 e. The zero-order valence-electron chi connectivity index (χ0n) is 17.6. The number of anilines is 2. The number of nitrogens with one attached hydrogen (secondary N) is 1. The van der Waals surface area contributed by atoms with E-state index in [1.807, 2.05) is 42.5 Å². The maximum atomic E-state index is 6.26. The number of methoxy groups -OCH3 is 1. The predicted molar refractivity (Wildman–Crippen MR) is 124 cm³/mol. The van der Waals surface area contributed by atoms with Crippen LogP contribution < -0.4 is 15.0 Å². The summed E-state index contributed by atoms with van der Waals surface area (Å²) in [5, 5.41) is 4.92. The monoisotopic (exact) mass is 437 g/mol. The van der Waals surface area contributed by atoms with Crippen LogP contribution in [-0.2, 0) is 6.54 Å². The lowest BCUT2D eigenvalue weighted by Gasteiger charge is -2.33. The van der Waals surface area contributed by atoms with Crippen molar-refractivity contribution in [3.63, 3.8) is 0 Å². The summed E-state index contributed by atoms with van der Waals surface area (Å²) < 4.78 is 11.4. The summed E-state index contributed by atoms with van der Waals surface area (Å²) in [6.07, 6.45) is 0. The molecule has 1 fully saturated rings. The molecule has 0 aliphatic carbocycles. The van der Waals surface area contributed by atoms with Gasteiger partial charge in [0.2, 0.25) is 5.95 Å². The SMILES string of the molecule is COc1ccc(CNc2nc(N3CCN(C)CC3)c3oc4ccc(Cl)cc4c3n2)cc1. The second kappa shape index (κ2) is 8.24. The number of halogens is 1. The molecule has 0 bridgehead atoms. The highest BCUT2D eigenvalue weighted by atomic mass is 35.5. The molecule has 1 N–H and O–H groups in total. The minimum absolute atomic E-state index is 0.569. The van der Waals surface area contributed by atoms with Crippen LogP contribution in [0.2, 0.25) is 5.02 Å². The van der Waals surface area contributed by atoms with Crippen molar-refractivity contribution in [3.05, 3.63) is 53.1 Å². The quantitative estimate of drug-likeness (QED) is 0.496. The summed E-state index contributed by atoms with van der Waals surface area (Å²) >= 11 is 6.26. The number of hydrogen-bond acceptors (Lipinski definition) is 7. The van der Waals surface area contributed by atoms with Crippen LogP contribution in [0.4, 0.5) is 11.8 Å². The molecule has 3 heterocycles. The fourth-order valence-corrected chi connectivity index (χ4v) is 4.01. The van der Waals surface area contributed by atoms with Gasteiger partial charge in [-0.15, -0.1) is 0 Å². The number of hydrogen-bond donors (Lipinski definition) is 1. The van der Waals surface area contributed by atoms with Crippen LogP contribution in [0.25, 0.3) is 22.1 Å². The van der Waals surface area contributed by atoms with E-state index < -0.39 is 0 Å². The van der Waals surface area contributed by atoms with Gasteiger partial charge in [-0.3, -0.25) is 0 Å². The number of fused-ring (bicyclic) bond motifs is 3. The van der Waals surface area contributed by atoms with Crippen molar-refractivity contribution in [1.82, 2.24) is 14.9 Å². The number of nitrogens with zero attached hydrogens (tertiary/aromatic N) is 4. The van der Waals surface area contributed by atoms with Gasteiger partial charge in [0.25, 0.3) is 0 Å². The van der Waals surface area contributed by atoms with Gasteiger partial charge >= 0.3 is 0 Å². The smallest absolute Gasteiger partial charge is 0.225 e. The van der Waals surface area contributed by atoms with Gasteiger partial charge < -0.3 is 24.3 Å². The third-order valence-electron chi connectivity index (χ3n) is 5.67. The number of likely N-dealkylation sites (N-methyl/N-ethyl adjacent to an activating group) is 1. The first-order valence-corrected chi connectivity index (χ1v) is 10.7. The van der Waals surface area contributed by atoms with E-state index in [4.69, 9.17) is 30.7 Å². The summed E-state index contributed by atoms with van der Waals surface area (Å²) in [6.45, 7) is 4.34. The van der Waals surface area contributed by atoms with Crippen LogP contribution in [0.1, 0.15) is 5.56 Å². The average molecular weight is 438 g/mol. The Hall–Kier alpha value is -3.03. The van der Waals surface area contributed by atoms with Crippen molar-refractivity contribution in [2.45, 2.75) is 6.54 Å².